The van der Waals surface area contributed by atoms with Crippen LogP contribution in [0.15, 0.2) is 35.9 Å². The Morgan fingerprint density at radius 2 is 2.21 bits per heavy atom. The lowest BCUT2D eigenvalue weighted by Crippen LogP contribution is -1.99. The van der Waals surface area contributed by atoms with Crippen molar-refractivity contribution in [2.45, 2.75) is 32.3 Å². The molecule has 0 spiro atoms. The number of benzene rings is 1. The van der Waals surface area contributed by atoms with Crippen LogP contribution in [-0.2, 0) is 0 Å². The lowest BCUT2D eigenvalue weighted by Gasteiger charge is -2.12. The Balaban J connectivity index is 2.22. The normalized spacial score (nSPS) is 18.0. The highest BCUT2D eigenvalue weighted by Gasteiger charge is 2.15. The molecular formula is C13H16O. The van der Waals surface area contributed by atoms with Crippen LogP contribution in [0.4, 0.5) is 0 Å². The van der Waals surface area contributed by atoms with E-state index in [2.05, 4.69) is 25.1 Å². The van der Waals surface area contributed by atoms with Crippen molar-refractivity contribution in [3.63, 3.8) is 0 Å². The number of hydrogen-bond donors (Lipinski definition) is 1. The van der Waals surface area contributed by atoms with Crippen LogP contribution in [0.3, 0.4) is 0 Å². The highest BCUT2D eigenvalue weighted by atomic mass is 16.3. The van der Waals surface area contributed by atoms with E-state index in [1.54, 1.807) is 0 Å². The summed E-state index contributed by atoms with van der Waals surface area (Å²) >= 11 is 0. The molecule has 14 heavy (non-hydrogen) atoms. The van der Waals surface area contributed by atoms with Crippen molar-refractivity contribution in [2.24, 2.45) is 0 Å². The minimum Gasteiger partial charge on any atom is -0.384 e. The molecule has 1 atom stereocenters. The number of aryl methyl sites for hydroxylation is 1. The third kappa shape index (κ3) is 1.88. The van der Waals surface area contributed by atoms with Gasteiger partial charge in [0, 0.05) is 0 Å². The van der Waals surface area contributed by atoms with Crippen LogP contribution in [0.25, 0.3) is 0 Å². The van der Waals surface area contributed by atoms with Crippen LogP contribution < -0.4 is 0 Å². The molecule has 1 aromatic rings. The van der Waals surface area contributed by atoms with Gasteiger partial charge in [0.05, 0.1) is 0 Å². The largest absolute Gasteiger partial charge is 0.384 e. The average Bonchev–Trinajstić information content (AvgIpc) is 2.69. The standard InChI is InChI=1S/C13H16O/c1-10-5-4-8-12(9-10)13(14)11-6-2-3-7-11/h4-6,8-9,13-14H,2-3,7H2,1H3. The highest BCUT2D eigenvalue weighted by molar-refractivity contribution is 5.30. The maximum absolute atomic E-state index is 10.1. The molecule has 1 nitrogen and oxygen atoms in total. The molecule has 1 aromatic carbocycles. The van der Waals surface area contributed by atoms with Crippen molar-refractivity contribution >= 4 is 0 Å². The highest BCUT2D eigenvalue weighted by Crippen LogP contribution is 2.30. The molecule has 0 bridgehead atoms. The summed E-state index contributed by atoms with van der Waals surface area (Å²) in [5.41, 5.74) is 3.42. The second-order valence-electron chi connectivity index (χ2n) is 3.99. The van der Waals surface area contributed by atoms with Crippen molar-refractivity contribution in [3.05, 3.63) is 47.0 Å². The zero-order chi connectivity index (χ0) is 9.97. The van der Waals surface area contributed by atoms with Crippen molar-refractivity contribution in [1.82, 2.24) is 0 Å². The van der Waals surface area contributed by atoms with Crippen LogP contribution in [0.5, 0.6) is 0 Å². The molecule has 0 aliphatic heterocycles. The van der Waals surface area contributed by atoms with Gasteiger partial charge in [-0.1, -0.05) is 35.9 Å². The van der Waals surface area contributed by atoms with E-state index in [9.17, 15) is 5.11 Å². The predicted molar refractivity (Wildman–Crippen MR) is 58.1 cm³/mol. The molecule has 0 saturated heterocycles. The first-order chi connectivity index (χ1) is 6.77. The van der Waals surface area contributed by atoms with Crippen LogP contribution in [-0.4, -0.2) is 5.11 Å². The first-order valence-corrected chi connectivity index (χ1v) is 5.21. The monoisotopic (exact) mass is 188 g/mol. The quantitative estimate of drug-likeness (QED) is 0.707. The third-order valence-corrected chi connectivity index (χ3v) is 2.79. The van der Waals surface area contributed by atoms with E-state index in [4.69, 9.17) is 0 Å². The third-order valence-electron chi connectivity index (χ3n) is 2.79. The van der Waals surface area contributed by atoms with Gasteiger partial charge in [-0.15, -0.1) is 0 Å². The summed E-state index contributed by atoms with van der Waals surface area (Å²) < 4.78 is 0. The lowest BCUT2D eigenvalue weighted by molar-refractivity contribution is 0.212. The summed E-state index contributed by atoms with van der Waals surface area (Å²) in [6.45, 7) is 2.05. The fraction of sp³-hybridized carbons (Fsp3) is 0.385. The molecule has 1 N–H and O–H groups in total. The SMILES string of the molecule is Cc1cccc(C(O)C2=CCCC2)c1. The van der Waals surface area contributed by atoms with E-state index in [1.165, 1.54) is 17.6 Å². The minimum absolute atomic E-state index is 0.377. The number of aliphatic hydroxyl groups excluding tert-OH is 1. The topological polar surface area (TPSA) is 20.2 Å². The van der Waals surface area contributed by atoms with Crippen molar-refractivity contribution in [2.75, 3.05) is 0 Å². The number of allylic oxidation sites excluding steroid dienone is 1. The maximum Gasteiger partial charge on any atom is 0.100 e. The zero-order valence-electron chi connectivity index (χ0n) is 8.53. The van der Waals surface area contributed by atoms with Gasteiger partial charge in [-0.3, -0.25) is 0 Å². The summed E-state index contributed by atoms with van der Waals surface area (Å²) in [5.74, 6) is 0. The molecular weight excluding hydrogens is 172 g/mol. The van der Waals surface area contributed by atoms with Gasteiger partial charge in [-0.2, -0.15) is 0 Å². The van der Waals surface area contributed by atoms with Gasteiger partial charge < -0.3 is 5.11 Å². The Morgan fingerprint density at radius 3 is 2.86 bits per heavy atom. The molecule has 0 amide bonds. The van der Waals surface area contributed by atoms with Crippen molar-refractivity contribution in [1.29, 1.82) is 0 Å². The van der Waals surface area contributed by atoms with E-state index in [1.807, 2.05) is 12.1 Å². The van der Waals surface area contributed by atoms with E-state index >= 15 is 0 Å². The fourth-order valence-electron chi connectivity index (χ4n) is 2.00. The first-order valence-electron chi connectivity index (χ1n) is 5.21. The Labute approximate surface area is 85.1 Å². The van der Waals surface area contributed by atoms with Crippen LogP contribution >= 0.6 is 0 Å². The van der Waals surface area contributed by atoms with Crippen LogP contribution in [0.1, 0.15) is 36.5 Å². The lowest BCUT2D eigenvalue weighted by atomic mass is 10.00. The number of hydrogen-bond acceptors (Lipinski definition) is 1. The summed E-state index contributed by atoms with van der Waals surface area (Å²) in [6, 6.07) is 8.11. The number of aliphatic hydroxyl groups is 1. The van der Waals surface area contributed by atoms with Gasteiger partial charge in [0.2, 0.25) is 0 Å². The zero-order valence-corrected chi connectivity index (χ0v) is 8.53. The molecule has 2 rings (SSSR count). The average molecular weight is 188 g/mol. The van der Waals surface area contributed by atoms with Crippen molar-refractivity contribution < 1.29 is 5.11 Å². The molecule has 1 aliphatic carbocycles. The van der Waals surface area contributed by atoms with Gasteiger partial charge >= 0.3 is 0 Å². The Morgan fingerprint density at radius 1 is 1.36 bits per heavy atom. The maximum atomic E-state index is 10.1. The number of rotatable bonds is 2. The smallest absolute Gasteiger partial charge is 0.100 e. The Bertz CT molecular complexity index is 352. The molecule has 1 aliphatic rings. The minimum atomic E-state index is -0.377. The molecule has 0 radical (unpaired) electrons. The van der Waals surface area contributed by atoms with Crippen LogP contribution in [0, 0.1) is 6.92 Å². The summed E-state index contributed by atoms with van der Waals surface area (Å²) in [5, 5.41) is 10.1. The van der Waals surface area contributed by atoms with Crippen LogP contribution in [0.2, 0.25) is 0 Å². The fourth-order valence-corrected chi connectivity index (χ4v) is 2.00. The first kappa shape index (κ1) is 9.47. The molecule has 0 heterocycles. The Hall–Kier alpha value is -1.08. The molecule has 74 valence electrons. The second kappa shape index (κ2) is 3.97. The van der Waals surface area contributed by atoms with E-state index in [0.717, 1.165) is 18.4 Å². The molecule has 0 aromatic heterocycles. The molecule has 1 unspecified atom stereocenters. The summed E-state index contributed by atoms with van der Waals surface area (Å²) in [4.78, 5) is 0. The Kier molecular flexibility index (Phi) is 2.69. The van der Waals surface area contributed by atoms with E-state index in [0.29, 0.717) is 0 Å². The molecule has 0 fully saturated rings. The van der Waals surface area contributed by atoms with Gasteiger partial charge in [0.25, 0.3) is 0 Å². The van der Waals surface area contributed by atoms with E-state index in [-0.39, 0.29) is 6.10 Å². The predicted octanol–water partition coefficient (Wildman–Crippen LogP) is 3.14. The van der Waals surface area contributed by atoms with E-state index < -0.39 is 0 Å². The summed E-state index contributed by atoms with van der Waals surface area (Å²) in [6.07, 6.45) is 5.16. The second-order valence-corrected chi connectivity index (χ2v) is 3.99. The van der Waals surface area contributed by atoms with Crippen molar-refractivity contribution in [3.8, 4) is 0 Å². The van der Waals surface area contributed by atoms with Gasteiger partial charge in [-0.25, -0.2) is 0 Å². The summed E-state index contributed by atoms with van der Waals surface area (Å²) in [7, 11) is 0. The van der Waals surface area contributed by atoms with Gasteiger partial charge in [-0.05, 0) is 37.3 Å². The molecule has 1 heteroatoms. The molecule has 0 saturated carbocycles. The van der Waals surface area contributed by atoms with Gasteiger partial charge in [0.1, 0.15) is 6.10 Å². The van der Waals surface area contributed by atoms with Gasteiger partial charge in [0.15, 0.2) is 0 Å².